The molecule has 0 spiro atoms. The van der Waals surface area contributed by atoms with E-state index in [1.165, 1.54) is 13.2 Å². The van der Waals surface area contributed by atoms with Crippen LogP contribution in [0, 0.1) is 5.82 Å². The zero-order valence-electron chi connectivity index (χ0n) is 14.2. The van der Waals surface area contributed by atoms with Gasteiger partial charge in [0, 0.05) is 13.1 Å². The average molecular weight is 345 g/mol. The van der Waals surface area contributed by atoms with Gasteiger partial charge in [0.05, 0.1) is 7.11 Å². The summed E-state index contributed by atoms with van der Waals surface area (Å²) in [6, 6.07) is 11.9. The van der Waals surface area contributed by atoms with E-state index in [0.29, 0.717) is 23.6 Å². The predicted molar refractivity (Wildman–Crippen MR) is 90.4 cm³/mol. The SMILES string of the molecule is CCN(Cc1ccc(OC)c(F)c1)C(=O)[C@H]1COc2ccccc2O1. The number of halogens is 1. The third kappa shape index (κ3) is 3.68. The van der Waals surface area contributed by atoms with E-state index >= 15 is 0 Å². The molecule has 1 heterocycles. The van der Waals surface area contributed by atoms with Crippen molar-refractivity contribution in [2.24, 2.45) is 0 Å². The molecule has 1 amide bonds. The first-order chi connectivity index (χ1) is 12.1. The second-order valence-corrected chi connectivity index (χ2v) is 5.69. The summed E-state index contributed by atoms with van der Waals surface area (Å²) >= 11 is 0. The van der Waals surface area contributed by atoms with Crippen molar-refractivity contribution in [1.29, 1.82) is 0 Å². The summed E-state index contributed by atoms with van der Waals surface area (Å²) in [7, 11) is 1.41. The van der Waals surface area contributed by atoms with Gasteiger partial charge in [-0.1, -0.05) is 18.2 Å². The van der Waals surface area contributed by atoms with Crippen LogP contribution in [0.15, 0.2) is 42.5 Å². The number of hydrogen-bond donors (Lipinski definition) is 0. The molecule has 3 rings (SSSR count). The summed E-state index contributed by atoms with van der Waals surface area (Å²) in [6.07, 6.45) is -0.710. The summed E-state index contributed by atoms with van der Waals surface area (Å²) in [6.45, 7) is 2.80. The number of ether oxygens (including phenoxy) is 3. The summed E-state index contributed by atoms with van der Waals surface area (Å²) in [5, 5.41) is 0. The second-order valence-electron chi connectivity index (χ2n) is 5.69. The minimum absolute atomic E-state index is 0.156. The van der Waals surface area contributed by atoms with Crippen LogP contribution in [-0.2, 0) is 11.3 Å². The monoisotopic (exact) mass is 345 g/mol. The fraction of sp³-hybridized carbons (Fsp3) is 0.316. The maximum absolute atomic E-state index is 13.9. The van der Waals surface area contributed by atoms with Crippen molar-refractivity contribution >= 4 is 5.91 Å². The van der Waals surface area contributed by atoms with Crippen molar-refractivity contribution in [3.05, 3.63) is 53.8 Å². The van der Waals surface area contributed by atoms with Gasteiger partial charge in [0.2, 0.25) is 6.10 Å². The fourth-order valence-electron chi connectivity index (χ4n) is 2.72. The quantitative estimate of drug-likeness (QED) is 0.836. The Hall–Kier alpha value is -2.76. The molecule has 2 aromatic rings. The number of benzene rings is 2. The lowest BCUT2D eigenvalue weighted by Crippen LogP contribution is -2.46. The van der Waals surface area contributed by atoms with E-state index in [2.05, 4.69) is 0 Å². The van der Waals surface area contributed by atoms with Crippen molar-refractivity contribution < 1.29 is 23.4 Å². The van der Waals surface area contributed by atoms with Crippen molar-refractivity contribution in [3.8, 4) is 17.2 Å². The lowest BCUT2D eigenvalue weighted by atomic mass is 10.1. The zero-order valence-corrected chi connectivity index (χ0v) is 14.2. The maximum atomic E-state index is 13.9. The molecular formula is C19H20FNO4. The molecule has 6 heteroatoms. The molecule has 0 aliphatic carbocycles. The van der Waals surface area contributed by atoms with E-state index in [0.717, 1.165) is 0 Å². The Labute approximate surface area is 145 Å². The van der Waals surface area contributed by atoms with Gasteiger partial charge in [-0.2, -0.15) is 0 Å². The van der Waals surface area contributed by atoms with E-state index in [9.17, 15) is 9.18 Å². The smallest absolute Gasteiger partial charge is 0.267 e. The highest BCUT2D eigenvalue weighted by Gasteiger charge is 2.30. The number of rotatable bonds is 5. The van der Waals surface area contributed by atoms with Crippen LogP contribution in [0.25, 0.3) is 0 Å². The third-order valence-corrected chi connectivity index (χ3v) is 4.07. The normalized spacial score (nSPS) is 15.6. The molecule has 0 fully saturated rings. The molecule has 0 N–H and O–H groups in total. The molecular weight excluding hydrogens is 325 g/mol. The summed E-state index contributed by atoms with van der Waals surface area (Å²) < 4.78 is 30.1. The first-order valence-electron chi connectivity index (χ1n) is 8.12. The second kappa shape index (κ2) is 7.42. The van der Waals surface area contributed by atoms with Crippen molar-refractivity contribution in [1.82, 2.24) is 4.90 Å². The highest BCUT2D eigenvalue weighted by molar-refractivity contribution is 5.82. The van der Waals surface area contributed by atoms with E-state index in [1.54, 1.807) is 29.2 Å². The zero-order chi connectivity index (χ0) is 17.8. The number of likely N-dealkylation sites (N-methyl/N-ethyl adjacent to an activating group) is 1. The number of carbonyl (C=O) groups excluding carboxylic acids is 1. The van der Waals surface area contributed by atoms with E-state index in [-0.39, 0.29) is 24.8 Å². The predicted octanol–water partition coefficient (Wildman–Crippen LogP) is 3.02. The molecule has 132 valence electrons. The molecule has 2 aromatic carbocycles. The molecule has 0 saturated heterocycles. The van der Waals surface area contributed by atoms with Crippen LogP contribution in [0.5, 0.6) is 17.2 Å². The van der Waals surface area contributed by atoms with Crippen LogP contribution in [0.2, 0.25) is 0 Å². The molecule has 0 bridgehead atoms. The van der Waals surface area contributed by atoms with Crippen LogP contribution in [0.3, 0.4) is 0 Å². The Morgan fingerprint density at radius 1 is 1.28 bits per heavy atom. The molecule has 1 aliphatic heterocycles. The van der Waals surface area contributed by atoms with Gasteiger partial charge in [-0.3, -0.25) is 4.79 Å². The number of fused-ring (bicyclic) bond motifs is 1. The maximum Gasteiger partial charge on any atom is 0.267 e. The Kier molecular flexibility index (Phi) is 5.07. The van der Waals surface area contributed by atoms with Crippen LogP contribution < -0.4 is 14.2 Å². The fourth-order valence-corrected chi connectivity index (χ4v) is 2.72. The van der Waals surface area contributed by atoms with Gasteiger partial charge >= 0.3 is 0 Å². The highest BCUT2D eigenvalue weighted by atomic mass is 19.1. The van der Waals surface area contributed by atoms with Gasteiger partial charge in [-0.05, 0) is 36.8 Å². The van der Waals surface area contributed by atoms with Crippen LogP contribution >= 0.6 is 0 Å². The largest absolute Gasteiger partial charge is 0.494 e. The number of methoxy groups -OCH3 is 1. The number of hydrogen-bond acceptors (Lipinski definition) is 4. The van der Waals surface area contributed by atoms with Crippen molar-refractivity contribution in [3.63, 3.8) is 0 Å². The lowest BCUT2D eigenvalue weighted by molar-refractivity contribution is -0.141. The number of amides is 1. The van der Waals surface area contributed by atoms with Gasteiger partial charge in [0.1, 0.15) is 6.61 Å². The number of nitrogens with zero attached hydrogens (tertiary/aromatic N) is 1. The molecule has 0 radical (unpaired) electrons. The standard InChI is InChI=1S/C19H20FNO4/c1-3-21(11-13-8-9-15(23-2)14(20)10-13)19(22)18-12-24-16-6-4-5-7-17(16)25-18/h4-10,18H,3,11-12H2,1-2H3/t18-/m1/s1. The topological polar surface area (TPSA) is 48.0 Å². The van der Waals surface area contributed by atoms with Crippen LogP contribution in [0.4, 0.5) is 4.39 Å². The highest BCUT2D eigenvalue weighted by Crippen LogP contribution is 2.31. The molecule has 5 nitrogen and oxygen atoms in total. The van der Waals surface area contributed by atoms with Gasteiger partial charge in [-0.25, -0.2) is 4.39 Å². The van der Waals surface area contributed by atoms with Crippen LogP contribution in [0.1, 0.15) is 12.5 Å². The Bertz CT molecular complexity index is 765. The minimum atomic E-state index is -0.710. The molecule has 25 heavy (non-hydrogen) atoms. The molecule has 0 aromatic heterocycles. The van der Waals surface area contributed by atoms with E-state index in [4.69, 9.17) is 14.2 Å². The molecule has 1 aliphatic rings. The van der Waals surface area contributed by atoms with Crippen LogP contribution in [-0.4, -0.2) is 37.2 Å². The first-order valence-corrected chi connectivity index (χ1v) is 8.12. The first kappa shape index (κ1) is 17.1. The van der Waals surface area contributed by atoms with Crippen molar-refractivity contribution in [2.45, 2.75) is 19.6 Å². The minimum Gasteiger partial charge on any atom is -0.494 e. The number of carbonyl (C=O) groups is 1. The Balaban J connectivity index is 1.71. The molecule has 0 unspecified atom stereocenters. The van der Waals surface area contributed by atoms with Crippen molar-refractivity contribution in [2.75, 3.05) is 20.3 Å². The van der Waals surface area contributed by atoms with Gasteiger partial charge in [0.25, 0.3) is 5.91 Å². The summed E-state index contributed by atoms with van der Waals surface area (Å²) in [4.78, 5) is 14.4. The molecule has 1 atom stereocenters. The summed E-state index contributed by atoms with van der Waals surface area (Å²) in [5.41, 5.74) is 0.686. The van der Waals surface area contributed by atoms with E-state index in [1.807, 2.05) is 19.1 Å². The molecule has 0 saturated carbocycles. The third-order valence-electron chi connectivity index (χ3n) is 4.07. The lowest BCUT2D eigenvalue weighted by Gasteiger charge is -2.30. The van der Waals surface area contributed by atoms with Gasteiger partial charge in [0.15, 0.2) is 23.1 Å². The number of para-hydroxylation sites is 2. The van der Waals surface area contributed by atoms with Gasteiger partial charge < -0.3 is 19.1 Å². The average Bonchev–Trinajstić information content (AvgIpc) is 2.65. The van der Waals surface area contributed by atoms with Gasteiger partial charge in [-0.15, -0.1) is 0 Å². The Morgan fingerprint density at radius 2 is 2.04 bits per heavy atom. The summed E-state index contributed by atoms with van der Waals surface area (Å²) in [5.74, 6) is 0.729. The Morgan fingerprint density at radius 3 is 2.72 bits per heavy atom. The van der Waals surface area contributed by atoms with E-state index < -0.39 is 11.9 Å².